The van der Waals surface area contributed by atoms with Crippen molar-refractivity contribution in [3.63, 3.8) is 0 Å². The summed E-state index contributed by atoms with van der Waals surface area (Å²) in [5.74, 6) is 0.332. The second-order valence-electron chi connectivity index (χ2n) is 5.30. The number of nitrogens with zero attached hydrogens (tertiary/aromatic N) is 1. The molecule has 112 valence electrons. The van der Waals surface area contributed by atoms with Crippen molar-refractivity contribution in [2.24, 2.45) is 5.92 Å². The van der Waals surface area contributed by atoms with Gasteiger partial charge in [-0.1, -0.05) is 18.9 Å². The lowest BCUT2D eigenvalue weighted by atomic mass is 9.89. The molecule has 0 aliphatic heterocycles. The van der Waals surface area contributed by atoms with Crippen LogP contribution in [0.3, 0.4) is 0 Å². The highest BCUT2D eigenvalue weighted by Gasteiger charge is 2.24. The van der Waals surface area contributed by atoms with Gasteiger partial charge in [-0.25, -0.2) is 13.1 Å². The van der Waals surface area contributed by atoms with E-state index in [9.17, 15) is 8.42 Å². The molecule has 1 aromatic rings. The van der Waals surface area contributed by atoms with Crippen LogP contribution in [0.5, 0.6) is 0 Å². The van der Waals surface area contributed by atoms with E-state index in [1.54, 1.807) is 6.20 Å². The number of pyridine rings is 1. The molecule has 2 rings (SSSR count). The van der Waals surface area contributed by atoms with E-state index in [1.807, 2.05) is 18.2 Å². The van der Waals surface area contributed by atoms with Gasteiger partial charge in [0.05, 0.1) is 5.75 Å². The first-order valence-corrected chi connectivity index (χ1v) is 9.17. The Morgan fingerprint density at radius 1 is 1.30 bits per heavy atom. The summed E-state index contributed by atoms with van der Waals surface area (Å²) < 4.78 is 26.6. The van der Waals surface area contributed by atoms with Crippen molar-refractivity contribution >= 4 is 21.6 Å². The summed E-state index contributed by atoms with van der Waals surface area (Å²) in [5.41, 5.74) is 0.797. The molecule has 1 fully saturated rings. The monoisotopic (exact) mass is 316 g/mol. The van der Waals surface area contributed by atoms with Gasteiger partial charge in [0, 0.05) is 30.2 Å². The molecule has 2 unspecified atom stereocenters. The topological polar surface area (TPSA) is 59.1 Å². The molecule has 0 amide bonds. The van der Waals surface area contributed by atoms with Crippen LogP contribution in [0, 0.1) is 5.92 Å². The highest BCUT2D eigenvalue weighted by atomic mass is 35.5. The van der Waals surface area contributed by atoms with Crippen LogP contribution in [-0.2, 0) is 16.4 Å². The minimum atomic E-state index is -3.25. The number of aromatic nitrogens is 1. The van der Waals surface area contributed by atoms with Gasteiger partial charge in [-0.05, 0) is 30.9 Å². The first-order chi connectivity index (χ1) is 9.57. The minimum absolute atomic E-state index is 0.0731. The molecule has 4 nitrogen and oxygen atoms in total. The van der Waals surface area contributed by atoms with Gasteiger partial charge in [0.1, 0.15) is 0 Å². The molecular weight excluding hydrogens is 296 g/mol. The van der Waals surface area contributed by atoms with Gasteiger partial charge < -0.3 is 0 Å². The molecule has 1 N–H and O–H groups in total. The quantitative estimate of drug-likeness (QED) is 0.820. The molecule has 2 atom stereocenters. The Labute approximate surface area is 126 Å². The zero-order valence-electron chi connectivity index (χ0n) is 11.5. The fourth-order valence-corrected chi connectivity index (χ4v) is 3.94. The molecule has 0 aromatic carbocycles. The maximum atomic E-state index is 12.0. The Morgan fingerprint density at radius 2 is 2.10 bits per heavy atom. The van der Waals surface area contributed by atoms with Crippen molar-refractivity contribution in [2.45, 2.75) is 37.5 Å². The zero-order chi connectivity index (χ0) is 14.4. The lowest BCUT2D eigenvalue weighted by Gasteiger charge is -2.26. The number of sulfonamides is 1. The van der Waals surface area contributed by atoms with Gasteiger partial charge in [0.2, 0.25) is 10.0 Å². The molecule has 1 heterocycles. The number of hydrogen-bond acceptors (Lipinski definition) is 3. The van der Waals surface area contributed by atoms with Crippen molar-refractivity contribution in [3.8, 4) is 0 Å². The van der Waals surface area contributed by atoms with Gasteiger partial charge >= 0.3 is 0 Å². The fourth-order valence-electron chi connectivity index (χ4n) is 2.48. The molecule has 1 saturated carbocycles. The van der Waals surface area contributed by atoms with Crippen LogP contribution in [0.2, 0.25) is 0 Å². The summed E-state index contributed by atoms with van der Waals surface area (Å²) in [6.07, 6.45) is 6.40. The van der Waals surface area contributed by atoms with Crippen molar-refractivity contribution in [2.75, 3.05) is 12.3 Å². The Bertz CT molecular complexity index is 507. The minimum Gasteiger partial charge on any atom is -0.261 e. The third-order valence-corrected chi connectivity index (χ3v) is 5.66. The second-order valence-corrected chi connectivity index (χ2v) is 7.79. The number of rotatable bonds is 6. The number of hydrogen-bond donors (Lipinski definition) is 1. The van der Waals surface area contributed by atoms with E-state index in [0.717, 1.165) is 31.4 Å². The standard InChI is InChI=1S/C14H21ClN2O2S/c15-14-7-2-1-5-12(14)11-17-20(18,19)10-8-13-6-3-4-9-16-13/h3-4,6,9,12,14,17H,1-2,5,7-8,10-11H2. The van der Waals surface area contributed by atoms with Gasteiger partial charge in [0.25, 0.3) is 0 Å². The highest BCUT2D eigenvalue weighted by Crippen LogP contribution is 2.28. The van der Waals surface area contributed by atoms with E-state index in [4.69, 9.17) is 11.6 Å². The van der Waals surface area contributed by atoms with Crippen molar-refractivity contribution in [1.82, 2.24) is 9.71 Å². The van der Waals surface area contributed by atoms with Crippen molar-refractivity contribution in [3.05, 3.63) is 30.1 Å². The summed E-state index contributed by atoms with van der Waals surface area (Å²) in [5, 5.41) is 0.0993. The fraction of sp³-hybridized carbons (Fsp3) is 0.643. The van der Waals surface area contributed by atoms with Crippen molar-refractivity contribution < 1.29 is 8.42 Å². The number of alkyl halides is 1. The van der Waals surface area contributed by atoms with E-state index in [0.29, 0.717) is 13.0 Å². The molecule has 0 radical (unpaired) electrons. The Morgan fingerprint density at radius 3 is 2.80 bits per heavy atom. The third-order valence-electron chi connectivity index (χ3n) is 3.73. The van der Waals surface area contributed by atoms with Crippen LogP contribution in [0.25, 0.3) is 0 Å². The zero-order valence-corrected chi connectivity index (χ0v) is 13.0. The first kappa shape index (κ1) is 15.7. The molecule has 0 bridgehead atoms. The van der Waals surface area contributed by atoms with Crippen LogP contribution < -0.4 is 4.72 Å². The van der Waals surface area contributed by atoms with E-state index in [-0.39, 0.29) is 17.0 Å². The van der Waals surface area contributed by atoms with Crippen LogP contribution in [-0.4, -0.2) is 31.1 Å². The predicted molar refractivity (Wildman–Crippen MR) is 81.3 cm³/mol. The summed E-state index contributed by atoms with van der Waals surface area (Å²) in [6.45, 7) is 0.457. The van der Waals surface area contributed by atoms with E-state index >= 15 is 0 Å². The molecule has 1 aromatic heterocycles. The molecule has 0 saturated heterocycles. The largest absolute Gasteiger partial charge is 0.261 e. The average molecular weight is 317 g/mol. The maximum Gasteiger partial charge on any atom is 0.211 e. The molecule has 1 aliphatic carbocycles. The lowest BCUT2D eigenvalue weighted by molar-refractivity contribution is 0.364. The highest BCUT2D eigenvalue weighted by molar-refractivity contribution is 7.89. The number of nitrogens with one attached hydrogen (secondary N) is 1. The van der Waals surface area contributed by atoms with E-state index in [2.05, 4.69) is 9.71 Å². The molecule has 1 aliphatic rings. The number of halogens is 1. The molecule has 6 heteroatoms. The summed E-state index contributed by atoms with van der Waals surface area (Å²) in [4.78, 5) is 4.13. The Balaban J connectivity index is 1.79. The maximum absolute atomic E-state index is 12.0. The van der Waals surface area contributed by atoms with Crippen molar-refractivity contribution in [1.29, 1.82) is 0 Å². The van der Waals surface area contributed by atoms with Gasteiger partial charge in [-0.2, -0.15) is 0 Å². The number of aryl methyl sites for hydroxylation is 1. The molecular formula is C14H21ClN2O2S. The Hall–Kier alpha value is -0.650. The predicted octanol–water partition coefficient (Wildman–Crippen LogP) is 2.34. The summed E-state index contributed by atoms with van der Waals surface area (Å²) in [6, 6.07) is 5.52. The van der Waals surface area contributed by atoms with Crippen LogP contribution in [0.4, 0.5) is 0 Å². The third kappa shape index (κ3) is 5.04. The average Bonchev–Trinajstić information content (AvgIpc) is 2.46. The smallest absolute Gasteiger partial charge is 0.211 e. The Kier molecular flexibility index (Phi) is 5.81. The van der Waals surface area contributed by atoms with Gasteiger partial charge in [-0.15, -0.1) is 11.6 Å². The van der Waals surface area contributed by atoms with E-state index in [1.165, 1.54) is 0 Å². The second kappa shape index (κ2) is 7.38. The molecule has 0 spiro atoms. The first-order valence-electron chi connectivity index (χ1n) is 7.08. The van der Waals surface area contributed by atoms with E-state index < -0.39 is 10.0 Å². The van der Waals surface area contributed by atoms with Crippen LogP contribution in [0.15, 0.2) is 24.4 Å². The van der Waals surface area contributed by atoms with Crippen LogP contribution >= 0.6 is 11.6 Å². The summed E-state index contributed by atoms with van der Waals surface area (Å²) in [7, 11) is -3.25. The van der Waals surface area contributed by atoms with Gasteiger partial charge in [-0.3, -0.25) is 4.98 Å². The molecule has 20 heavy (non-hydrogen) atoms. The normalized spacial score (nSPS) is 23.6. The van der Waals surface area contributed by atoms with Crippen LogP contribution in [0.1, 0.15) is 31.4 Å². The summed E-state index contributed by atoms with van der Waals surface area (Å²) >= 11 is 6.24. The van der Waals surface area contributed by atoms with Gasteiger partial charge in [0.15, 0.2) is 0 Å². The lowest BCUT2D eigenvalue weighted by Crippen LogP contribution is -2.36. The SMILES string of the molecule is O=S(=O)(CCc1ccccn1)NCC1CCCCC1Cl.